The first-order chi connectivity index (χ1) is 8.09. The van der Waals surface area contributed by atoms with Gasteiger partial charge in [-0.25, -0.2) is 9.18 Å². The Morgan fingerprint density at radius 2 is 2.06 bits per heavy atom. The van der Waals surface area contributed by atoms with Gasteiger partial charge in [-0.05, 0) is 46.5 Å². The van der Waals surface area contributed by atoms with Gasteiger partial charge in [-0.3, -0.25) is 0 Å². The lowest BCUT2D eigenvalue weighted by Crippen LogP contribution is -2.19. The van der Waals surface area contributed by atoms with Crippen LogP contribution in [0.15, 0.2) is 21.6 Å². The van der Waals surface area contributed by atoms with Crippen LogP contribution in [0.25, 0.3) is 0 Å². The van der Waals surface area contributed by atoms with Crippen molar-refractivity contribution in [2.45, 2.75) is 31.2 Å². The molecule has 0 heterocycles. The zero-order chi connectivity index (χ0) is 12.5. The predicted octanol–water partition coefficient (Wildman–Crippen LogP) is 3.40. The highest BCUT2D eigenvalue weighted by Gasteiger charge is 2.36. The zero-order valence-corrected chi connectivity index (χ0v) is 10.6. The van der Waals surface area contributed by atoms with Gasteiger partial charge in [-0.1, -0.05) is 12.8 Å². The summed E-state index contributed by atoms with van der Waals surface area (Å²) in [6, 6.07) is 2.86. The van der Waals surface area contributed by atoms with Gasteiger partial charge in [-0.2, -0.15) is 4.99 Å². The monoisotopic (exact) mass is 299 g/mol. The van der Waals surface area contributed by atoms with Crippen LogP contribution in [0, 0.1) is 5.82 Å². The average Bonchev–Trinajstić information content (AvgIpc) is 2.75. The third-order valence-corrected chi connectivity index (χ3v) is 3.85. The average molecular weight is 300 g/mol. The first kappa shape index (κ1) is 12.3. The molecule has 1 fully saturated rings. The molecule has 1 N–H and O–H groups in total. The molecule has 5 heteroatoms. The molecule has 0 amide bonds. The number of hydrogen-bond acceptors (Lipinski definition) is 3. The number of isocyanates is 1. The minimum absolute atomic E-state index is 0.278. The molecule has 0 saturated heterocycles. The van der Waals surface area contributed by atoms with E-state index < -0.39 is 17.1 Å². The van der Waals surface area contributed by atoms with Crippen LogP contribution in [-0.2, 0) is 10.3 Å². The van der Waals surface area contributed by atoms with Gasteiger partial charge in [0.2, 0.25) is 6.08 Å². The van der Waals surface area contributed by atoms with Crippen molar-refractivity contribution in [3.05, 3.63) is 28.0 Å². The largest absolute Gasteiger partial charge is 0.504 e. The summed E-state index contributed by atoms with van der Waals surface area (Å²) in [7, 11) is 0. The third-order valence-electron chi connectivity index (χ3n) is 3.24. The van der Waals surface area contributed by atoms with Gasteiger partial charge in [0.1, 0.15) is 0 Å². The van der Waals surface area contributed by atoms with Crippen LogP contribution < -0.4 is 0 Å². The number of phenolic OH excluding ortho intramolecular Hbond substituents is 1. The molecule has 1 saturated carbocycles. The summed E-state index contributed by atoms with van der Waals surface area (Å²) >= 11 is 3.09. The SMILES string of the molecule is O=C=NC1(c2cc(F)c(O)c(Br)c2)CCCC1. The fourth-order valence-corrected chi connectivity index (χ4v) is 2.78. The second-order valence-corrected chi connectivity index (χ2v) is 5.08. The molecule has 0 unspecified atom stereocenters. The molecule has 0 aromatic heterocycles. The van der Waals surface area contributed by atoms with Crippen LogP contribution in [0.2, 0.25) is 0 Å². The van der Waals surface area contributed by atoms with E-state index >= 15 is 0 Å². The van der Waals surface area contributed by atoms with Crippen molar-refractivity contribution < 1.29 is 14.3 Å². The summed E-state index contributed by atoms with van der Waals surface area (Å²) in [4.78, 5) is 14.4. The molecule has 0 bridgehead atoms. The Morgan fingerprint density at radius 1 is 1.41 bits per heavy atom. The van der Waals surface area contributed by atoms with E-state index in [0.717, 1.165) is 12.8 Å². The van der Waals surface area contributed by atoms with Gasteiger partial charge < -0.3 is 5.11 Å². The number of nitrogens with zero attached hydrogens (tertiary/aromatic N) is 1. The number of aliphatic imine (C=N–C) groups is 1. The van der Waals surface area contributed by atoms with E-state index in [2.05, 4.69) is 20.9 Å². The lowest BCUT2D eigenvalue weighted by molar-refractivity contribution is 0.419. The van der Waals surface area contributed by atoms with Crippen molar-refractivity contribution >= 4 is 22.0 Å². The highest BCUT2D eigenvalue weighted by molar-refractivity contribution is 9.10. The lowest BCUT2D eigenvalue weighted by atomic mass is 9.89. The highest BCUT2D eigenvalue weighted by Crippen LogP contribution is 2.44. The number of carbonyl (C=O) groups excluding carboxylic acids is 1. The van der Waals surface area contributed by atoms with Crippen molar-refractivity contribution in [3.63, 3.8) is 0 Å². The van der Waals surface area contributed by atoms with Crippen LogP contribution in [0.3, 0.4) is 0 Å². The summed E-state index contributed by atoms with van der Waals surface area (Å²) in [5.41, 5.74) is -0.0562. The number of hydrogen-bond donors (Lipinski definition) is 1. The fourth-order valence-electron chi connectivity index (χ4n) is 2.35. The fraction of sp³-hybridized carbons (Fsp3) is 0.417. The maximum Gasteiger partial charge on any atom is 0.235 e. The van der Waals surface area contributed by atoms with Crippen molar-refractivity contribution in [2.75, 3.05) is 0 Å². The van der Waals surface area contributed by atoms with Crippen molar-refractivity contribution in [3.8, 4) is 5.75 Å². The molecule has 0 spiro atoms. The Morgan fingerprint density at radius 3 is 2.59 bits per heavy atom. The van der Waals surface area contributed by atoms with Gasteiger partial charge in [0.25, 0.3) is 0 Å². The summed E-state index contributed by atoms with van der Waals surface area (Å²) in [5.74, 6) is -1.13. The van der Waals surface area contributed by atoms with E-state index in [1.807, 2.05) is 0 Å². The maximum atomic E-state index is 13.5. The van der Waals surface area contributed by atoms with Gasteiger partial charge in [0.05, 0.1) is 10.0 Å². The molecule has 1 aromatic rings. The van der Waals surface area contributed by atoms with Crippen LogP contribution in [0.5, 0.6) is 5.75 Å². The topological polar surface area (TPSA) is 49.7 Å². The van der Waals surface area contributed by atoms with Crippen molar-refractivity contribution in [2.24, 2.45) is 4.99 Å². The summed E-state index contributed by atoms with van der Waals surface area (Å²) in [6.07, 6.45) is 4.89. The molecule has 1 aliphatic rings. The number of benzene rings is 1. The predicted molar refractivity (Wildman–Crippen MR) is 64.0 cm³/mol. The van der Waals surface area contributed by atoms with E-state index in [4.69, 9.17) is 0 Å². The maximum absolute atomic E-state index is 13.5. The molecular formula is C12H11BrFNO2. The molecule has 90 valence electrons. The highest BCUT2D eigenvalue weighted by atomic mass is 79.9. The Bertz CT molecular complexity index is 468. The Balaban J connectivity index is 2.54. The van der Waals surface area contributed by atoms with Gasteiger partial charge in [0, 0.05) is 0 Å². The molecule has 1 aliphatic carbocycles. The van der Waals surface area contributed by atoms with Crippen LogP contribution >= 0.6 is 15.9 Å². The Kier molecular flexibility index (Phi) is 3.31. The molecule has 0 aliphatic heterocycles. The van der Waals surface area contributed by atoms with Crippen LogP contribution in [0.1, 0.15) is 31.2 Å². The minimum Gasteiger partial charge on any atom is -0.504 e. The summed E-state index contributed by atoms with van der Waals surface area (Å²) in [6.45, 7) is 0. The van der Waals surface area contributed by atoms with Crippen molar-refractivity contribution in [1.29, 1.82) is 0 Å². The third kappa shape index (κ3) is 2.13. The number of phenols is 1. The van der Waals surface area contributed by atoms with E-state index in [9.17, 15) is 14.3 Å². The Labute approximate surface area is 106 Å². The first-order valence-corrected chi connectivity index (χ1v) is 6.16. The van der Waals surface area contributed by atoms with E-state index in [0.29, 0.717) is 18.4 Å². The molecule has 3 nitrogen and oxygen atoms in total. The number of aromatic hydroxyl groups is 1. The Hall–Kier alpha value is -1.19. The standard InChI is InChI=1S/C12H11BrFNO2/c13-9-5-8(6-10(14)11(9)17)12(15-7-16)3-1-2-4-12/h5-6,17H,1-4H2. The summed E-state index contributed by atoms with van der Waals surface area (Å²) in [5, 5.41) is 9.36. The van der Waals surface area contributed by atoms with Gasteiger partial charge >= 0.3 is 0 Å². The van der Waals surface area contributed by atoms with Gasteiger partial charge in [0.15, 0.2) is 11.6 Å². The zero-order valence-electron chi connectivity index (χ0n) is 9.04. The van der Waals surface area contributed by atoms with E-state index in [-0.39, 0.29) is 4.47 Å². The summed E-state index contributed by atoms with van der Waals surface area (Å²) < 4.78 is 13.8. The number of halogens is 2. The lowest BCUT2D eigenvalue weighted by Gasteiger charge is -2.23. The second kappa shape index (κ2) is 4.59. The minimum atomic E-state index is -0.707. The van der Waals surface area contributed by atoms with Crippen LogP contribution in [0.4, 0.5) is 4.39 Å². The van der Waals surface area contributed by atoms with Gasteiger partial charge in [-0.15, -0.1) is 0 Å². The molecule has 17 heavy (non-hydrogen) atoms. The normalized spacial score (nSPS) is 17.8. The van der Waals surface area contributed by atoms with E-state index in [1.165, 1.54) is 6.07 Å². The molecule has 0 atom stereocenters. The molecule has 1 aromatic carbocycles. The number of rotatable bonds is 2. The molecule has 0 radical (unpaired) electrons. The van der Waals surface area contributed by atoms with E-state index in [1.54, 1.807) is 12.1 Å². The first-order valence-electron chi connectivity index (χ1n) is 5.36. The quantitative estimate of drug-likeness (QED) is 0.672. The molecular weight excluding hydrogens is 289 g/mol. The molecule has 2 rings (SSSR count). The smallest absolute Gasteiger partial charge is 0.235 e. The van der Waals surface area contributed by atoms with Crippen LogP contribution in [-0.4, -0.2) is 11.2 Å². The van der Waals surface area contributed by atoms with Crippen molar-refractivity contribution in [1.82, 2.24) is 0 Å². The second-order valence-electron chi connectivity index (χ2n) is 4.23.